The number of ether oxygens (including phenoxy) is 2. The molecule has 0 spiro atoms. The maximum absolute atomic E-state index is 12.9. The molecule has 0 saturated heterocycles. The van der Waals surface area contributed by atoms with Gasteiger partial charge in [0.2, 0.25) is 0 Å². The number of nitrogens with one attached hydrogen (secondary N) is 3. The summed E-state index contributed by atoms with van der Waals surface area (Å²) in [6.45, 7) is 15.4. The SMILES string of the molecule is CCOCC(C)Nc1ncc(-c2cc(-c3ccc(C(F)(F)F)cc3)c3nccn3c2)s1.CCOCC(C)Nc1ncc(-c2cc(-c3ccc(CN)cc3)c3nccn3c2)s1.CC[C@@H](C)Nc1ncc(-c2cc(-c3ccc(C(F)(F)F)cc3)c3nccn3c2)s1. The lowest BCUT2D eigenvalue weighted by atomic mass is 10.0. The number of hydrogen-bond donors (Lipinski definition) is 4. The topological polar surface area (TPSA) is 171 Å². The monoisotopic (exact) mass is 1270 g/mol. The number of alkyl halides is 6. The zero-order valence-electron chi connectivity index (χ0n) is 49.5. The Morgan fingerprint density at radius 1 is 0.461 bits per heavy atom. The summed E-state index contributed by atoms with van der Waals surface area (Å²) in [5.74, 6) is 0. The lowest BCUT2D eigenvalue weighted by Gasteiger charge is -2.12. The summed E-state index contributed by atoms with van der Waals surface area (Å²) in [5, 5.41) is 12.6. The number of nitrogens with zero attached hydrogens (tertiary/aromatic N) is 9. The molecule has 0 aliphatic carbocycles. The van der Waals surface area contributed by atoms with Crippen molar-refractivity contribution in [3.63, 3.8) is 0 Å². The Kier molecular flexibility index (Phi) is 20.2. The maximum Gasteiger partial charge on any atom is 0.416 e. The second kappa shape index (κ2) is 28.3. The van der Waals surface area contributed by atoms with Gasteiger partial charge in [-0.15, -0.1) is 0 Å². The normalized spacial score (nSPS) is 12.8. The van der Waals surface area contributed by atoms with Gasteiger partial charge in [0.05, 0.1) is 39.0 Å². The van der Waals surface area contributed by atoms with E-state index in [1.807, 2.05) is 91.3 Å². The standard InChI is InChI=1S/C22H21F3N4OS.C22H25N5OS.C21H19F3N4S/c1-3-30-13-14(2)28-21-27-11-19(31-21)16-10-18(20-26-8-9-29(20)12-16)15-4-6-17(7-5-15)22(23,24)25;1-3-28-14-15(2)26-22-25-12-20(29-22)18-10-19(21-24-8-9-27(21)13-18)17-6-4-16(11-23)5-7-17;1-3-13(2)27-20-26-11-18(29-20)15-10-17(19-25-8-9-28(19)12-15)14-4-6-16(7-5-14)21(22,23)24/h4-12,14H,3,13H2,1-2H3,(H,27,28);4-10,12-13,15H,3,11,14,23H2,1-2H3,(H,25,26);4-13H,3H2,1-2H3,(H,26,27)/t;;13-/m..1/s1. The molecule has 0 radical (unpaired) electrons. The van der Waals surface area contributed by atoms with E-state index in [0.29, 0.717) is 54.8 Å². The molecule has 12 aromatic rings. The highest BCUT2D eigenvalue weighted by molar-refractivity contribution is 7.19. The minimum Gasteiger partial charge on any atom is -0.380 e. The summed E-state index contributed by atoms with van der Waals surface area (Å²) < 4.78 is 94.2. The summed E-state index contributed by atoms with van der Waals surface area (Å²) in [7, 11) is 0. The van der Waals surface area contributed by atoms with Crippen molar-refractivity contribution in [1.29, 1.82) is 0 Å². The number of rotatable bonds is 20. The van der Waals surface area contributed by atoms with E-state index >= 15 is 0 Å². The largest absolute Gasteiger partial charge is 0.416 e. The second-order valence-corrected chi connectivity index (χ2v) is 24.0. The van der Waals surface area contributed by atoms with Crippen molar-refractivity contribution >= 4 is 66.3 Å². The molecule has 2 unspecified atom stereocenters. The van der Waals surface area contributed by atoms with E-state index in [9.17, 15) is 26.3 Å². The molecule has 0 saturated carbocycles. The van der Waals surface area contributed by atoms with Crippen LogP contribution in [0, 0.1) is 0 Å². The van der Waals surface area contributed by atoms with Crippen molar-refractivity contribution in [1.82, 2.24) is 43.1 Å². The van der Waals surface area contributed by atoms with E-state index in [2.05, 4.69) is 108 Å². The Bertz CT molecular complexity index is 4250. The molecule has 462 valence electrons. The molecule has 0 bridgehead atoms. The first-order valence-electron chi connectivity index (χ1n) is 28.8. The van der Waals surface area contributed by atoms with Crippen LogP contribution < -0.4 is 21.7 Å². The molecular formula is C65H65F6N13O2S3. The maximum atomic E-state index is 12.9. The summed E-state index contributed by atoms with van der Waals surface area (Å²) in [4.78, 5) is 29.8. The van der Waals surface area contributed by atoms with Crippen molar-refractivity contribution in [3.8, 4) is 64.7 Å². The van der Waals surface area contributed by atoms with Crippen LogP contribution in [0.3, 0.4) is 0 Å². The van der Waals surface area contributed by atoms with Gasteiger partial charge < -0.3 is 44.4 Å². The number of nitrogens with two attached hydrogens (primary N) is 1. The third-order valence-corrected chi connectivity index (χ3v) is 17.2. The molecule has 0 amide bonds. The lowest BCUT2D eigenvalue weighted by Crippen LogP contribution is -2.21. The minimum atomic E-state index is -4.37. The van der Waals surface area contributed by atoms with Crippen molar-refractivity contribution in [2.24, 2.45) is 5.73 Å². The van der Waals surface area contributed by atoms with Crippen molar-refractivity contribution < 1.29 is 35.8 Å². The second-order valence-electron chi connectivity index (χ2n) is 20.9. The van der Waals surface area contributed by atoms with E-state index in [1.54, 1.807) is 41.3 Å². The summed E-state index contributed by atoms with van der Waals surface area (Å²) in [6.07, 6.45) is 14.6. The van der Waals surface area contributed by atoms with E-state index in [1.165, 1.54) is 35.6 Å². The number of pyridine rings is 3. The van der Waals surface area contributed by atoms with Crippen LogP contribution in [0.2, 0.25) is 0 Å². The van der Waals surface area contributed by atoms with Crippen LogP contribution in [-0.2, 0) is 28.4 Å². The number of thiazole rings is 3. The van der Waals surface area contributed by atoms with Gasteiger partial charge in [0, 0.05) is 146 Å². The van der Waals surface area contributed by atoms with Crippen LogP contribution in [0.1, 0.15) is 64.7 Å². The van der Waals surface area contributed by atoms with E-state index in [0.717, 1.165) is 117 Å². The molecular weight excluding hydrogens is 1200 g/mol. The molecule has 9 aromatic heterocycles. The Labute approximate surface area is 522 Å². The third kappa shape index (κ3) is 15.7. The smallest absolute Gasteiger partial charge is 0.380 e. The Balaban J connectivity index is 0.000000147. The minimum absolute atomic E-state index is 0.123. The zero-order valence-corrected chi connectivity index (χ0v) is 51.9. The van der Waals surface area contributed by atoms with Gasteiger partial charge in [-0.25, -0.2) is 29.9 Å². The van der Waals surface area contributed by atoms with Gasteiger partial charge in [0.1, 0.15) is 16.9 Å². The first-order valence-corrected chi connectivity index (χ1v) is 31.2. The van der Waals surface area contributed by atoms with Gasteiger partial charge in [0.15, 0.2) is 15.4 Å². The molecule has 0 aliphatic heterocycles. The van der Waals surface area contributed by atoms with Gasteiger partial charge in [-0.1, -0.05) is 89.5 Å². The van der Waals surface area contributed by atoms with E-state index < -0.39 is 23.5 Å². The predicted molar refractivity (Wildman–Crippen MR) is 346 cm³/mol. The molecule has 0 fully saturated rings. The molecule has 24 heteroatoms. The summed E-state index contributed by atoms with van der Waals surface area (Å²) in [5.41, 5.74) is 15.8. The van der Waals surface area contributed by atoms with Crippen LogP contribution in [-0.4, -0.2) is 87.7 Å². The zero-order chi connectivity index (χ0) is 62.8. The predicted octanol–water partition coefficient (Wildman–Crippen LogP) is 16.8. The Hall–Kier alpha value is -8.52. The third-order valence-electron chi connectivity index (χ3n) is 14.2. The highest BCUT2D eigenvalue weighted by atomic mass is 32.1. The van der Waals surface area contributed by atoms with Crippen LogP contribution >= 0.6 is 34.0 Å². The van der Waals surface area contributed by atoms with Gasteiger partial charge in [-0.05, 0) is 106 Å². The number of hydrogen-bond acceptors (Lipinski definition) is 15. The molecule has 9 heterocycles. The van der Waals surface area contributed by atoms with E-state index in [4.69, 9.17) is 15.2 Å². The molecule has 12 rings (SSSR count). The fraction of sp³-hybridized carbons (Fsp3) is 0.262. The van der Waals surface area contributed by atoms with Crippen molar-refractivity contribution in [3.05, 3.63) is 182 Å². The van der Waals surface area contributed by atoms with Crippen LogP contribution in [0.25, 0.3) is 81.6 Å². The average molecular weight is 1270 g/mol. The fourth-order valence-electron chi connectivity index (χ4n) is 9.47. The number of benzene rings is 3. The van der Waals surface area contributed by atoms with Gasteiger partial charge in [0.25, 0.3) is 0 Å². The first-order chi connectivity index (χ1) is 42.9. The summed E-state index contributed by atoms with van der Waals surface area (Å²) in [6, 6.07) is 25.4. The van der Waals surface area contributed by atoms with E-state index in [-0.39, 0.29) is 12.1 Å². The van der Waals surface area contributed by atoms with Crippen LogP contribution in [0.4, 0.5) is 41.7 Å². The van der Waals surface area contributed by atoms with Gasteiger partial charge in [-0.2, -0.15) is 26.3 Å². The summed E-state index contributed by atoms with van der Waals surface area (Å²) >= 11 is 4.70. The van der Waals surface area contributed by atoms with Gasteiger partial charge in [-0.3, -0.25) is 0 Å². The fourth-order valence-corrected chi connectivity index (χ4v) is 12.2. The molecule has 15 nitrogen and oxygen atoms in total. The average Bonchev–Trinajstić information content (AvgIpc) is 1.87. The first kappa shape index (κ1) is 63.5. The number of aromatic nitrogens is 9. The Morgan fingerprint density at radius 2 is 0.787 bits per heavy atom. The molecule has 3 atom stereocenters. The van der Waals surface area contributed by atoms with Gasteiger partial charge >= 0.3 is 12.4 Å². The van der Waals surface area contributed by atoms with Crippen molar-refractivity contribution in [2.45, 2.75) is 85.0 Å². The highest BCUT2D eigenvalue weighted by Crippen LogP contribution is 2.39. The number of imidazole rings is 3. The highest BCUT2D eigenvalue weighted by Gasteiger charge is 2.31. The molecule has 0 aliphatic rings. The quantitative estimate of drug-likeness (QED) is 0.0533. The lowest BCUT2D eigenvalue weighted by molar-refractivity contribution is -0.138. The number of anilines is 3. The van der Waals surface area contributed by atoms with Crippen LogP contribution in [0.15, 0.2) is 165 Å². The number of fused-ring (bicyclic) bond motifs is 3. The van der Waals surface area contributed by atoms with Crippen molar-refractivity contribution in [2.75, 3.05) is 42.4 Å². The molecule has 3 aromatic carbocycles. The number of halogens is 6. The Morgan fingerprint density at radius 3 is 1.09 bits per heavy atom. The molecule has 5 N–H and O–H groups in total. The molecule has 89 heavy (non-hydrogen) atoms. The van der Waals surface area contributed by atoms with Crippen LogP contribution in [0.5, 0.6) is 0 Å².